The number of nitrogens with zero attached hydrogens (tertiary/aromatic N) is 2. The van der Waals surface area contributed by atoms with Crippen molar-refractivity contribution >= 4 is 28.2 Å². The summed E-state index contributed by atoms with van der Waals surface area (Å²) in [6.45, 7) is 2.16. The average Bonchev–Trinajstić information content (AvgIpc) is 2.72. The van der Waals surface area contributed by atoms with Crippen LogP contribution in [0.25, 0.3) is 22.0 Å². The van der Waals surface area contributed by atoms with E-state index in [2.05, 4.69) is 32.7 Å². The van der Waals surface area contributed by atoms with Crippen molar-refractivity contribution in [1.29, 1.82) is 0 Å². The molecule has 0 aliphatic rings. The topological polar surface area (TPSA) is 66.9 Å². The highest BCUT2D eigenvalue weighted by atomic mass is 16.1. The number of carbonyl (C=O) groups excluding carboxylic acids is 1. The Morgan fingerprint density at radius 2 is 1.75 bits per heavy atom. The maximum Gasteiger partial charge on any atom is 0.221 e. The fourth-order valence-corrected chi connectivity index (χ4v) is 3.09. The SMILES string of the molecule is CC(=O)Nc1cccc(-c2cncc(NCc3cnc4ccccc4c3)c2)c1. The number of rotatable bonds is 5. The molecule has 28 heavy (non-hydrogen) atoms. The summed E-state index contributed by atoms with van der Waals surface area (Å²) < 4.78 is 0. The first-order chi connectivity index (χ1) is 13.7. The summed E-state index contributed by atoms with van der Waals surface area (Å²) in [6.07, 6.45) is 5.51. The first-order valence-corrected chi connectivity index (χ1v) is 9.08. The Morgan fingerprint density at radius 3 is 2.64 bits per heavy atom. The normalized spacial score (nSPS) is 10.6. The zero-order valence-corrected chi connectivity index (χ0v) is 15.5. The van der Waals surface area contributed by atoms with Crippen LogP contribution in [0, 0.1) is 0 Å². The van der Waals surface area contributed by atoms with Crippen LogP contribution in [0.15, 0.2) is 79.3 Å². The monoisotopic (exact) mass is 368 g/mol. The van der Waals surface area contributed by atoms with Crippen molar-refractivity contribution < 1.29 is 4.79 Å². The van der Waals surface area contributed by atoms with E-state index in [1.165, 1.54) is 6.92 Å². The molecule has 0 bridgehead atoms. The van der Waals surface area contributed by atoms with E-state index in [1.54, 1.807) is 6.20 Å². The molecule has 4 rings (SSSR count). The van der Waals surface area contributed by atoms with Crippen molar-refractivity contribution in [3.8, 4) is 11.1 Å². The molecule has 0 aliphatic carbocycles. The number of nitrogens with one attached hydrogen (secondary N) is 2. The van der Waals surface area contributed by atoms with Crippen molar-refractivity contribution in [2.45, 2.75) is 13.5 Å². The van der Waals surface area contributed by atoms with Gasteiger partial charge >= 0.3 is 0 Å². The lowest BCUT2D eigenvalue weighted by Gasteiger charge is -2.10. The summed E-state index contributed by atoms with van der Waals surface area (Å²) in [5.41, 5.74) is 5.77. The minimum Gasteiger partial charge on any atom is -0.380 e. The molecule has 0 unspecified atom stereocenters. The van der Waals surface area contributed by atoms with Crippen LogP contribution in [0.4, 0.5) is 11.4 Å². The Bertz CT molecular complexity index is 1140. The quantitative estimate of drug-likeness (QED) is 0.527. The van der Waals surface area contributed by atoms with Gasteiger partial charge in [-0.05, 0) is 41.5 Å². The number of hydrogen-bond donors (Lipinski definition) is 2. The summed E-state index contributed by atoms with van der Waals surface area (Å²) in [5, 5.41) is 7.35. The second-order valence-electron chi connectivity index (χ2n) is 6.61. The molecule has 138 valence electrons. The van der Waals surface area contributed by atoms with E-state index in [-0.39, 0.29) is 5.91 Å². The lowest BCUT2D eigenvalue weighted by atomic mass is 10.1. The van der Waals surface area contributed by atoms with Gasteiger partial charge in [-0.2, -0.15) is 0 Å². The molecule has 0 fully saturated rings. The molecule has 5 heteroatoms. The van der Waals surface area contributed by atoms with Crippen molar-refractivity contribution in [3.63, 3.8) is 0 Å². The number of amides is 1. The molecule has 0 radical (unpaired) electrons. The van der Waals surface area contributed by atoms with Gasteiger partial charge in [0.25, 0.3) is 0 Å². The molecule has 2 heterocycles. The van der Waals surface area contributed by atoms with Gasteiger partial charge in [0.1, 0.15) is 0 Å². The predicted molar refractivity (Wildman–Crippen MR) is 113 cm³/mol. The second kappa shape index (κ2) is 7.88. The fourth-order valence-electron chi connectivity index (χ4n) is 3.09. The minimum atomic E-state index is -0.0883. The Kier molecular flexibility index (Phi) is 4.97. The number of hydrogen-bond acceptors (Lipinski definition) is 4. The van der Waals surface area contributed by atoms with Gasteiger partial charge in [-0.1, -0.05) is 30.3 Å². The number of fused-ring (bicyclic) bond motifs is 1. The van der Waals surface area contributed by atoms with Crippen molar-refractivity contribution in [2.24, 2.45) is 0 Å². The van der Waals surface area contributed by atoms with Crippen molar-refractivity contribution in [1.82, 2.24) is 9.97 Å². The van der Waals surface area contributed by atoms with E-state index in [1.807, 2.05) is 60.9 Å². The maximum absolute atomic E-state index is 11.3. The van der Waals surface area contributed by atoms with Crippen molar-refractivity contribution in [2.75, 3.05) is 10.6 Å². The Morgan fingerprint density at radius 1 is 0.893 bits per heavy atom. The Balaban J connectivity index is 1.51. The Labute approximate surface area is 163 Å². The molecule has 5 nitrogen and oxygen atoms in total. The van der Waals surface area contributed by atoms with Gasteiger partial charge in [-0.25, -0.2) is 0 Å². The molecule has 2 aromatic heterocycles. The molecule has 2 aromatic carbocycles. The zero-order valence-electron chi connectivity index (χ0n) is 15.5. The average molecular weight is 368 g/mol. The van der Waals surface area contributed by atoms with E-state index < -0.39 is 0 Å². The highest BCUT2D eigenvalue weighted by Crippen LogP contribution is 2.24. The third-order valence-corrected chi connectivity index (χ3v) is 4.40. The first-order valence-electron chi connectivity index (χ1n) is 9.08. The summed E-state index contributed by atoms with van der Waals surface area (Å²) >= 11 is 0. The highest BCUT2D eigenvalue weighted by molar-refractivity contribution is 5.89. The van der Waals surface area contributed by atoms with Gasteiger partial charge in [0.2, 0.25) is 5.91 Å². The van der Waals surface area contributed by atoms with Gasteiger partial charge in [-0.3, -0.25) is 14.8 Å². The lowest BCUT2D eigenvalue weighted by molar-refractivity contribution is -0.114. The van der Waals surface area contributed by atoms with Crippen LogP contribution in [0.3, 0.4) is 0 Å². The zero-order chi connectivity index (χ0) is 19.3. The third kappa shape index (κ3) is 4.15. The maximum atomic E-state index is 11.3. The lowest BCUT2D eigenvalue weighted by Crippen LogP contribution is -2.05. The van der Waals surface area contributed by atoms with Crippen LogP contribution >= 0.6 is 0 Å². The molecular formula is C23H20N4O. The van der Waals surface area contributed by atoms with Gasteiger partial charge in [0.05, 0.1) is 11.2 Å². The molecule has 4 aromatic rings. The number of benzene rings is 2. The first kappa shape index (κ1) is 17.7. The standard InChI is InChI=1S/C23H20N4O/c1-16(28)27-21-7-4-6-18(10-21)20-11-22(15-24-14-20)25-12-17-9-19-5-2-3-8-23(19)26-13-17/h2-11,13-15,25H,12H2,1H3,(H,27,28). The Hall–Kier alpha value is -3.73. The van der Waals surface area contributed by atoms with Gasteiger partial charge in [-0.15, -0.1) is 0 Å². The van der Waals surface area contributed by atoms with E-state index in [4.69, 9.17) is 0 Å². The molecule has 0 saturated carbocycles. The molecule has 0 atom stereocenters. The molecule has 0 saturated heterocycles. The van der Waals surface area contributed by atoms with E-state index >= 15 is 0 Å². The third-order valence-electron chi connectivity index (χ3n) is 4.40. The molecule has 2 N–H and O–H groups in total. The highest BCUT2D eigenvalue weighted by Gasteiger charge is 2.04. The number of carbonyl (C=O) groups is 1. The fraction of sp³-hybridized carbons (Fsp3) is 0.0870. The van der Waals surface area contributed by atoms with Crippen LogP contribution in [0.1, 0.15) is 12.5 Å². The number of aromatic nitrogens is 2. The molecule has 0 aliphatic heterocycles. The predicted octanol–water partition coefficient (Wildman–Crippen LogP) is 4.87. The van der Waals surface area contributed by atoms with Gasteiger partial charge < -0.3 is 10.6 Å². The number of anilines is 2. The van der Waals surface area contributed by atoms with Crippen molar-refractivity contribution in [3.05, 3.63) is 84.8 Å². The summed E-state index contributed by atoms with van der Waals surface area (Å²) in [5.74, 6) is -0.0883. The van der Waals surface area contributed by atoms with Crippen LogP contribution in [0.2, 0.25) is 0 Å². The van der Waals surface area contributed by atoms with Gasteiger partial charge in [0, 0.05) is 48.7 Å². The largest absolute Gasteiger partial charge is 0.380 e. The van der Waals surface area contributed by atoms with Gasteiger partial charge in [0.15, 0.2) is 0 Å². The second-order valence-corrected chi connectivity index (χ2v) is 6.61. The van der Waals surface area contributed by atoms with E-state index in [0.29, 0.717) is 6.54 Å². The number of pyridine rings is 2. The summed E-state index contributed by atoms with van der Waals surface area (Å²) in [4.78, 5) is 20.1. The van der Waals surface area contributed by atoms with E-state index in [0.717, 1.165) is 39.0 Å². The van der Waals surface area contributed by atoms with E-state index in [9.17, 15) is 4.79 Å². The molecule has 1 amide bonds. The number of para-hydroxylation sites is 1. The summed E-state index contributed by atoms with van der Waals surface area (Å²) in [7, 11) is 0. The van der Waals surface area contributed by atoms with Crippen LogP contribution in [-0.2, 0) is 11.3 Å². The van der Waals surface area contributed by atoms with Crippen LogP contribution in [0.5, 0.6) is 0 Å². The smallest absolute Gasteiger partial charge is 0.221 e. The van der Waals surface area contributed by atoms with Crippen LogP contribution in [-0.4, -0.2) is 15.9 Å². The minimum absolute atomic E-state index is 0.0883. The summed E-state index contributed by atoms with van der Waals surface area (Å²) in [6, 6.07) is 20.0. The van der Waals surface area contributed by atoms with Crippen LogP contribution < -0.4 is 10.6 Å². The molecule has 0 spiro atoms. The molecular weight excluding hydrogens is 348 g/mol.